The third-order valence-electron chi connectivity index (χ3n) is 3.38. The fourth-order valence-electron chi connectivity index (χ4n) is 2.48. The summed E-state index contributed by atoms with van der Waals surface area (Å²) in [5.41, 5.74) is 1.00. The molecule has 2 nitrogen and oxygen atoms in total. The highest BCUT2D eigenvalue weighted by molar-refractivity contribution is 5.76. The van der Waals surface area contributed by atoms with Crippen LogP contribution in [0.2, 0.25) is 0 Å². The number of hydrogen-bond donors (Lipinski definition) is 0. The third-order valence-corrected chi connectivity index (χ3v) is 3.38. The number of rotatable bonds is 2. The predicted octanol–water partition coefficient (Wildman–Crippen LogP) is 3.35. The molecule has 1 aromatic rings. The van der Waals surface area contributed by atoms with Gasteiger partial charge in [0.15, 0.2) is 0 Å². The van der Waals surface area contributed by atoms with Gasteiger partial charge in [0.1, 0.15) is 6.54 Å². The van der Waals surface area contributed by atoms with E-state index in [-0.39, 0.29) is 18.9 Å². The lowest BCUT2D eigenvalue weighted by molar-refractivity contribution is -0.160. The summed E-state index contributed by atoms with van der Waals surface area (Å²) < 4.78 is 37.4. The fraction of sp³-hybridized carbons (Fsp3) is 0.500. The first-order chi connectivity index (χ1) is 8.96. The van der Waals surface area contributed by atoms with Gasteiger partial charge in [-0.25, -0.2) is 0 Å². The molecule has 0 unspecified atom stereocenters. The lowest BCUT2D eigenvalue weighted by Gasteiger charge is -2.25. The first-order valence-electron chi connectivity index (χ1n) is 6.35. The highest BCUT2D eigenvalue weighted by Crippen LogP contribution is 2.28. The fourth-order valence-corrected chi connectivity index (χ4v) is 2.48. The number of carbonyl (C=O) groups is 1. The van der Waals surface area contributed by atoms with Crippen molar-refractivity contribution in [3.05, 3.63) is 35.9 Å². The van der Waals surface area contributed by atoms with Gasteiger partial charge in [-0.05, 0) is 18.4 Å². The Kier molecular flexibility index (Phi) is 4.12. The van der Waals surface area contributed by atoms with E-state index in [0.717, 1.165) is 16.9 Å². The van der Waals surface area contributed by atoms with E-state index in [0.29, 0.717) is 6.42 Å². The molecule has 0 aliphatic carbocycles. The van der Waals surface area contributed by atoms with Crippen molar-refractivity contribution in [1.82, 2.24) is 4.90 Å². The van der Waals surface area contributed by atoms with Crippen LogP contribution in [-0.4, -0.2) is 30.1 Å². The highest BCUT2D eigenvalue weighted by Gasteiger charge is 2.35. The first-order valence-corrected chi connectivity index (χ1v) is 6.35. The van der Waals surface area contributed by atoms with Crippen LogP contribution in [0.15, 0.2) is 30.3 Å². The minimum atomic E-state index is -4.33. The first kappa shape index (κ1) is 13.9. The van der Waals surface area contributed by atoms with Crippen molar-refractivity contribution in [3.63, 3.8) is 0 Å². The third kappa shape index (κ3) is 3.98. The van der Waals surface area contributed by atoms with Crippen molar-refractivity contribution in [2.45, 2.75) is 31.4 Å². The van der Waals surface area contributed by atoms with Crippen molar-refractivity contribution in [1.29, 1.82) is 0 Å². The number of likely N-dealkylation sites (tertiary alicyclic amines) is 1. The topological polar surface area (TPSA) is 20.3 Å². The lowest BCUT2D eigenvalue weighted by atomic mass is 9.94. The quantitative estimate of drug-likeness (QED) is 0.807. The summed E-state index contributed by atoms with van der Waals surface area (Å²) in [7, 11) is 0. The van der Waals surface area contributed by atoms with Gasteiger partial charge in [0, 0.05) is 18.9 Å². The van der Waals surface area contributed by atoms with E-state index in [4.69, 9.17) is 0 Å². The molecule has 2 rings (SSSR count). The van der Waals surface area contributed by atoms with Crippen LogP contribution < -0.4 is 0 Å². The molecule has 104 valence electrons. The molecule has 1 saturated heterocycles. The van der Waals surface area contributed by atoms with Crippen molar-refractivity contribution in [3.8, 4) is 0 Å². The number of alkyl halides is 3. The maximum atomic E-state index is 12.5. The van der Waals surface area contributed by atoms with Crippen molar-refractivity contribution in [2.24, 2.45) is 0 Å². The molecule has 0 spiro atoms. The summed E-state index contributed by atoms with van der Waals surface area (Å²) in [6.45, 7) is -0.989. The molecule has 0 N–H and O–H groups in total. The number of amides is 1. The van der Waals surface area contributed by atoms with Crippen LogP contribution in [0.1, 0.15) is 30.7 Å². The van der Waals surface area contributed by atoms with E-state index < -0.39 is 18.6 Å². The highest BCUT2D eigenvalue weighted by atomic mass is 19.4. The summed E-state index contributed by atoms with van der Waals surface area (Å²) >= 11 is 0. The summed E-state index contributed by atoms with van der Waals surface area (Å²) in [6, 6.07) is 9.43. The second-order valence-electron chi connectivity index (χ2n) is 4.89. The van der Waals surface area contributed by atoms with Gasteiger partial charge in [-0.15, -0.1) is 0 Å². The van der Waals surface area contributed by atoms with Crippen molar-refractivity contribution >= 4 is 5.91 Å². The molecule has 5 heteroatoms. The molecule has 1 fully saturated rings. The summed E-state index contributed by atoms with van der Waals surface area (Å²) in [5.74, 6) is -0.397. The molecule has 1 atom stereocenters. The Morgan fingerprint density at radius 3 is 2.53 bits per heavy atom. The van der Waals surface area contributed by atoms with Crippen LogP contribution in [0.5, 0.6) is 0 Å². The number of hydrogen-bond acceptors (Lipinski definition) is 1. The second-order valence-corrected chi connectivity index (χ2v) is 4.89. The lowest BCUT2D eigenvalue weighted by Crippen LogP contribution is -2.39. The minimum absolute atomic E-state index is 0.00463. The van der Waals surface area contributed by atoms with Crippen molar-refractivity contribution < 1.29 is 18.0 Å². The maximum absolute atomic E-state index is 12.5. The second kappa shape index (κ2) is 5.63. The Hall–Kier alpha value is -1.52. The molecule has 0 aromatic heterocycles. The summed E-state index contributed by atoms with van der Waals surface area (Å²) in [6.07, 6.45) is -2.72. The van der Waals surface area contributed by atoms with Gasteiger partial charge in [-0.1, -0.05) is 30.3 Å². The zero-order chi connectivity index (χ0) is 13.9. The SMILES string of the molecule is O=C1CCC[C@@H](c2ccccc2)CN1CC(F)(F)F. The molecule has 0 radical (unpaired) electrons. The number of nitrogens with zero attached hydrogens (tertiary/aromatic N) is 1. The molecular weight excluding hydrogens is 255 g/mol. The van der Waals surface area contributed by atoms with E-state index in [9.17, 15) is 18.0 Å². The molecular formula is C14H16F3NO. The predicted molar refractivity (Wildman–Crippen MR) is 65.7 cm³/mol. The maximum Gasteiger partial charge on any atom is 0.406 e. The number of halogens is 3. The molecule has 1 aliphatic rings. The number of carbonyl (C=O) groups excluding carboxylic acids is 1. The Morgan fingerprint density at radius 1 is 1.21 bits per heavy atom. The van der Waals surface area contributed by atoms with Crippen LogP contribution in [0.3, 0.4) is 0 Å². The van der Waals surface area contributed by atoms with Gasteiger partial charge in [0.05, 0.1) is 0 Å². The van der Waals surface area contributed by atoms with Crippen LogP contribution in [0.25, 0.3) is 0 Å². The Morgan fingerprint density at radius 2 is 1.89 bits per heavy atom. The number of benzene rings is 1. The molecule has 1 amide bonds. The van der Waals surface area contributed by atoms with Gasteiger partial charge < -0.3 is 4.90 Å². The summed E-state index contributed by atoms with van der Waals surface area (Å²) in [5, 5.41) is 0. The van der Waals surface area contributed by atoms with Crippen LogP contribution in [0.4, 0.5) is 13.2 Å². The molecule has 1 aliphatic heterocycles. The smallest absolute Gasteiger partial charge is 0.333 e. The van der Waals surface area contributed by atoms with Crippen LogP contribution in [0, 0.1) is 0 Å². The van der Waals surface area contributed by atoms with E-state index >= 15 is 0 Å². The van der Waals surface area contributed by atoms with Gasteiger partial charge >= 0.3 is 6.18 Å². The van der Waals surface area contributed by atoms with Gasteiger partial charge in [-0.2, -0.15) is 13.2 Å². The molecule has 0 bridgehead atoms. The molecule has 1 heterocycles. The molecule has 19 heavy (non-hydrogen) atoms. The Bertz CT molecular complexity index is 430. The van der Waals surface area contributed by atoms with Gasteiger partial charge in [0.25, 0.3) is 0 Å². The zero-order valence-electron chi connectivity index (χ0n) is 10.5. The van der Waals surface area contributed by atoms with E-state index in [2.05, 4.69) is 0 Å². The molecule has 1 aromatic carbocycles. The van der Waals surface area contributed by atoms with Crippen LogP contribution in [-0.2, 0) is 4.79 Å². The van der Waals surface area contributed by atoms with Crippen LogP contribution >= 0.6 is 0 Å². The monoisotopic (exact) mass is 271 g/mol. The van der Waals surface area contributed by atoms with E-state index in [1.54, 1.807) is 0 Å². The van der Waals surface area contributed by atoms with E-state index in [1.807, 2.05) is 30.3 Å². The average molecular weight is 271 g/mol. The largest absolute Gasteiger partial charge is 0.406 e. The standard InChI is InChI=1S/C14H16F3NO/c15-14(16,17)10-18-9-12(7-4-8-13(18)19)11-5-2-1-3-6-11/h1-3,5-6,12H,4,7-10H2/t12-/m1/s1. The molecule has 0 saturated carbocycles. The van der Waals surface area contributed by atoms with Gasteiger partial charge in [0.2, 0.25) is 5.91 Å². The van der Waals surface area contributed by atoms with Crippen molar-refractivity contribution in [2.75, 3.05) is 13.1 Å². The Labute approximate surface area is 110 Å². The average Bonchev–Trinajstić information content (AvgIpc) is 2.52. The van der Waals surface area contributed by atoms with Gasteiger partial charge in [-0.3, -0.25) is 4.79 Å². The van der Waals surface area contributed by atoms with E-state index in [1.165, 1.54) is 0 Å². The minimum Gasteiger partial charge on any atom is -0.333 e. The zero-order valence-corrected chi connectivity index (χ0v) is 10.5. The summed E-state index contributed by atoms with van der Waals surface area (Å²) in [4.78, 5) is 12.6. The normalized spacial score (nSPS) is 21.3. The Balaban J connectivity index is 2.13.